The molecule has 0 amide bonds. The molecule has 19 heavy (non-hydrogen) atoms. The molecule has 4 heteroatoms. The van der Waals surface area contributed by atoms with E-state index >= 15 is 0 Å². The Bertz CT molecular complexity index is 500. The van der Waals surface area contributed by atoms with Crippen LogP contribution in [0.3, 0.4) is 0 Å². The lowest BCUT2D eigenvalue weighted by atomic mass is 9.93. The summed E-state index contributed by atoms with van der Waals surface area (Å²) in [6, 6.07) is 8.23. The minimum Gasteiger partial charge on any atom is -0.475 e. The summed E-state index contributed by atoms with van der Waals surface area (Å²) in [5, 5.41) is 3.40. The molecule has 4 nitrogen and oxygen atoms in total. The highest BCUT2D eigenvalue weighted by Crippen LogP contribution is 2.38. The standard InChI is InChI=1S/C15H21N3O/c1-3-8-15(14-16-9-10-17-14)11-18(2)12-6-4-5-7-13(12)19-15/h4-7H,3,8-11H2,1-2H3,(H,16,17). The Morgan fingerprint density at radius 1 is 1.42 bits per heavy atom. The van der Waals surface area contributed by atoms with E-state index in [9.17, 15) is 0 Å². The quantitative estimate of drug-likeness (QED) is 0.902. The number of aliphatic imine (C=N–C) groups is 1. The van der Waals surface area contributed by atoms with Gasteiger partial charge in [-0.3, -0.25) is 4.99 Å². The summed E-state index contributed by atoms with van der Waals surface area (Å²) in [5.74, 6) is 1.98. The molecule has 1 atom stereocenters. The molecular weight excluding hydrogens is 238 g/mol. The Morgan fingerprint density at radius 2 is 2.26 bits per heavy atom. The van der Waals surface area contributed by atoms with Gasteiger partial charge in [0.2, 0.25) is 0 Å². The van der Waals surface area contributed by atoms with Crippen molar-refractivity contribution in [2.75, 3.05) is 31.6 Å². The molecule has 0 fully saturated rings. The van der Waals surface area contributed by atoms with E-state index in [1.807, 2.05) is 12.1 Å². The van der Waals surface area contributed by atoms with Crippen molar-refractivity contribution in [3.63, 3.8) is 0 Å². The van der Waals surface area contributed by atoms with Crippen LogP contribution in [0.4, 0.5) is 5.69 Å². The van der Waals surface area contributed by atoms with Crippen LogP contribution in [0, 0.1) is 0 Å². The first-order valence-electron chi connectivity index (χ1n) is 7.03. The topological polar surface area (TPSA) is 36.9 Å². The number of nitrogens with zero attached hydrogens (tertiary/aromatic N) is 2. The zero-order valence-corrected chi connectivity index (χ0v) is 11.6. The number of ether oxygens (including phenoxy) is 1. The Balaban J connectivity index is 1.99. The number of fused-ring (bicyclic) bond motifs is 1. The molecule has 2 aliphatic heterocycles. The van der Waals surface area contributed by atoms with E-state index in [0.717, 1.165) is 49.7 Å². The maximum atomic E-state index is 6.38. The zero-order valence-electron chi connectivity index (χ0n) is 11.6. The molecule has 0 bridgehead atoms. The van der Waals surface area contributed by atoms with Crippen LogP contribution in [0.25, 0.3) is 0 Å². The van der Waals surface area contributed by atoms with Crippen molar-refractivity contribution in [1.82, 2.24) is 5.32 Å². The molecule has 1 unspecified atom stereocenters. The summed E-state index contributed by atoms with van der Waals surface area (Å²) in [7, 11) is 2.13. The fourth-order valence-electron chi connectivity index (χ4n) is 3.05. The minimum absolute atomic E-state index is 0.311. The van der Waals surface area contributed by atoms with Gasteiger partial charge in [-0.2, -0.15) is 0 Å². The second-order valence-corrected chi connectivity index (χ2v) is 5.33. The summed E-state index contributed by atoms with van der Waals surface area (Å²) >= 11 is 0. The molecule has 0 aliphatic carbocycles. The van der Waals surface area contributed by atoms with Crippen LogP contribution in [0.15, 0.2) is 29.3 Å². The molecule has 1 aromatic rings. The van der Waals surface area contributed by atoms with Gasteiger partial charge in [-0.1, -0.05) is 25.5 Å². The van der Waals surface area contributed by atoms with Crippen LogP contribution in [0.1, 0.15) is 19.8 Å². The minimum atomic E-state index is -0.311. The fraction of sp³-hybridized carbons (Fsp3) is 0.533. The van der Waals surface area contributed by atoms with Gasteiger partial charge in [-0.15, -0.1) is 0 Å². The summed E-state index contributed by atoms with van der Waals surface area (Å²) < 4.78 is 6.38. The van der Waals surface area contributed by atoms with E-state index < -0.39 is 0 Å². The van der Waals surface area contributed by atoms with Gasteiger partial charge >= 0.3 is 0 Å². The van der Waals surface area contributed by atoms with Gasteiger partial charge in [0.25, 0.3) is 0 Å². The first kappa shape index (κ1) is 12.3. The van der Waals surface area contributed by atoms with Crippen molar-refractivity contribution in [1.29, 1.82) is 0 Å². The molecule has 0 aromatic heterocycles. The Hall–Kier alpha value is -1.71. The van der Waals surface area contributed by atoms with E-state index in [-0.39, 0.29) is 5.60 Å². The Kier molecular flexibility index (Phi) is 3.09. The smallest absolute Gasteiger partial charge is 0.183 e. The van der Waals surface area contributed by atoms with Crippen LogP contribution >= 0.6 is 0 Å². The third-order valence-corrected chi connectivity index (χ3v) is 3.83. The average Bonchev–Trinajstić information content (AvgIpc) is 2.93. The molecule has 0 saturated carbocycles. The van der Waals surface area contributed by atoms with Crippen molar-refractivity contribution in [3.05, 3.63) is 24.3 Å². The highest BCUT2D eigenvalue weighted by atomic mass is 16.5. The van der Waals surface area contributed by atoms with E-state index in [2.05, 4.69) is 41.3 Å². The van der Waals surface area contributed by atoms with Gasteiger partial charge < -0.3 is 15.0 Å². The van der Waals surface area contributed by atoms with Crippen LogP contribution in [0.5, 0.6) is 5.75 Å². The number of amidine groups is 1. The van der Waals surface area contributed by atoms with Crippen LogP contribution in [-0.2, 0) is 0 Å². The van der Waals surface area contributed by atoms with Crippen molar-refractivity contribution in [2.45, 2.75) is 25.4 Å². The van der Waals surface area contributed by atoms with E-state index in [1.54, 1.807) is 0 Å². The summed E-state index contributed by atoms with van der Waals surface area (Å²) in [5.41, 5.74) is 0.849. The number of hydrogen-bond donors (Lipinski definition) is 1. The number of nitrogens with one attached hydrogen (secondary N) is 1. The van der Waals surface area contributed by atoms with Crippen molar-refractivity contribution in [3.8, 4) is 5.75 Å². The number of likely N-dealkylation sites (N-methyl/N-ethyl adjacent to an activating group) is 1. The third kappa shape index (κ3) is 2.05. The number of benzene rings is 1. The highest BCUT2D eigenvalue weighted by Gasteiger charge is 2.43. The van der Waals surface area contributed by atoms with Gasteiger partial charge in [0.1, 0.15) is 11.6 Å². The first-order valence-corrected chi connectivity index (χ1v) is 7.03. The number of rotatable bonds is 3. The predicted octanol–water partition coefficient (Wildman–Crippen LogP) is 2.06. The lowest BCUT2D eigenvalue weighted by molar-refractivity contribution is 0.123. The second-order valence-electron chi connectivity index (χ2n) is 5.33. The molecule has 2 heterocycles. The summed E-state index contributed by atoms with van der Waals surface area (Å²) in [6.45, 7) is 4.83. The predicted molar refractivity (Wildman–Crippen MR) is 78.3 cm³/mol. The molecule has 0 radical (unpaired) electrons. The Morgan fingerprint density at radius 3 is 3.00 bits per heavy atom. The van der Waals surface area contributed by atoms with Crippen molar-refractivity contribution in [2.24, 2.45) is 4.99 Å². The lowest BCUT2D eigenvalue weighted by Crippen LogP contribution is -2.58. The molecular formula is C15H21N3O. The second kappa shape index (κ2) is 4.76. The molecule has 0 saturated heterocycles. The van der Waals surface area contributed by atoms with E-state index in [1.165, 1.54) is 0 Å². The normalized spacial score (nSPS) is 25.4. The molecule has 0 spiro atoms. The van der Waals surface area contributed by atoms with Crippen LogP contribution < -0.4 is 15.0 Å². The SMILES string of the molecule is CCCC1(C2=NCCN2)CN(C)c2ccccc2O1. The van der Waals surface area contributed by atoms with E-state index in [4.69, 9.17) is 4.74 Å². The number of hydrogen-bond acceptors (Lipinski definition) is 4. The number of para-hydroxylation sites is 2. The summed E-state index contributed by atoms with van der Waals surface area (Å²) in [6.07, 6.45) is 2.06. The van der Waals surface area contributed by atoms with E-state index in [0.29, 0.717) is 0 Å². The average molecular weight is 259 g/mol. The number of anilines is 1. The molecule has 2 aliphatic rings. The van der Waals surface area contributed by atoms with Crippen LogP contribution in [-0.4, -0.2) is 38.1 Å². The van der Waals surface area contributed by atoms with Gasteiger partial charge in [0.15, 0.2) is 5.60 Å². The molecule has 3 rings (SSSR count). The highest BCUT2D eigenvalue weighted by molar-refractivity contribution is 5.93. The largest absolute Gasteiger partial charge is 0.475 e. The molecule has 1 aromatic carbocycles. The first-order chi connectivity index (χ1) is 9.25. The molecule has 102 valence electrons. The Labute approximate surface area is 114 Å². The van der Waals surface area contributed by atoms with Gasteiger partial charge in [-0.25, -0.2) is 0 Å². The van der Waals surface area contributed by atoms with Gasteiger partial charge in [-0.05, 0) is 18.6 Å². The fourth-order valence-corrected chi connectivity index (χ4v) is 3.05. The molecule has 1 N–H and O–H groups in total. The van der Waals surface area contributed by atoms with Crippen molar-refractivity contribution < 1.29 is 4.74 Å². The lowest BCUT2D eigenvalue weighted by Gasteiger charge is -2.43. The van der Waals surface area contributed by atoms with Gasteiger partial charge in [0, 0.05) is 13.6 Å². The maximum Gasteiger partial charge on any atom is 0.183 e. The van der Waals surface area contributed by atoms with Gasteiger partial charge in [0.05, 0.1) is 18.8 Å². The monoisotopic (exact) mass is 259 g/mol. The summed E-state index contributed by atoms with van der Waals surface area (Å²) in [4.78, 5) is 6.89. The van der Waals surface area contributed by atoms with Crippen LogP contribution in [0.2, 0.25) is 0 Å². The maximum absolute atomic E-state index is 6.38. The van der Waals surface area contributed by atoms with Crippen molar-refractivity contribution >= 4 is 11.5 Å². The third-order valence-electron chi connectivity index (χ3n) is 3.83. The zero-order chi connectivity index (χ0) is 13.3.